The average Bonchev–Trinajstić information content (AvgIpc) is 2.63. The summed E-state index contributed by atoms with van der Waals surface area (Å²) in [5.74, 6) is -1.08. The van der Waals surface area contributed by atoms with Gasteiger partial charge in [-0.15, -0.1) is 10.2 Å². The molecular formula is C8H8N4O2. The average molecular weight is 192 g/mol. The molecule has 0 aliphatic heterocycles. The van der Waals surface area contributed by atoms with Gasteiger partial charge in [0, 0.05) is 11.8 Å². The van der Waals surface area contributed by atoms with Crippen LogP contribution in [-0.2, 0) is 4.79 Å². The van der Waals surface area contributed by atoms with Crippen molar-refractivity contribution in [1.82, 2.24) is 14.6 Å². The van der Waals surface area contributed by atoms with E-state index >= 15 is 0 Å². The number of carbonyl (C=O) groups is 1. The van der Waals surface area contributed by atoms with Gasteiger partial charge in [-0.1, -0.05) is 6.07 Å². The van der Waals surface area contributed by atoms with Gasteiger partial charge in [-0.25, -0.2) is 0 Å². The number of aromatic nitrogens is 3. The summed E-state index contributed by atoms with van der Waals surface area (Å²) in [5.41, 5.74) is 6.41. The molecule has 2 rings (SSSR count). The number of carboxylic acids is 1. The van der Waals surface area contributed by atoms with Crippen LogP contribution in [0.2, 0.25) is 0 Å². The van der Waals surface area contributed by atoms with Gasteiger partial charge in [-0.2, -0.15) is 0 Å². The van der Waals surface area contributed by atoms with Crippen molar-refractivity contribution in [2.45, 2.75) is 6.04 Å². The Hall–Kier alpha value is -1.95. The zero-order valence-electron chi connectivity index (χ0n) is 7.16. The molecule has 0 radical (unpaired) electrons. The van der Waals surface area contributed by atoms with Gasteiger partial charge >= 0.3 is 5.97 Å². The van der Waals surface area contributed by atoms with Gasteiger partial charge in [-0.3, -0.25) is 9.20 Å². The first-order chi connectivity index (χ1) is 6.70. The SMILES string of the molecule is NC(C(=O)O)c1cccn2cnnc12. The summed E-state index contributed by atoms with van der Waals surface area (Å²) < 4.78 is 1.62. The van der Waals surface area contributed by atoms with Crippen molar-refractivity contribution in [3.63, 3.8) is 0 Å². The van der Waals surface area contributed by atoms with E-state index in [9.17, 15) is 4.79 Å². The first-order valence-corrected chi connectivity index (χ1v) is 3.97. The third-order valence-corrected chi connectivity index (χ3v) is 1.95. The molecule has 2 aromatic rings. The van der Waals surface area contributed by atoms with E-state index in [0.29, 0.717) is 11.2 Å². The van der Waals surface area contributed by atoms with Crippen LogP contribution in [0, 0.1) is 0 Å². The Balaban J connectivity index is 2.61. The van der Waals surface area contributed by atoms with Crippen LogP contribution in [0.15, 0.2) is 24.7 Å². The van der Waals surface area contributed by atoms with Crippen LogP contribution in [0.1, 0.15) is 11.6 Å². The lowest BCUT2D eigenvalue weighted by Crippen LogP contribution is -2.21. The third kappa shape index (κ3) is 1.21. The standard InChI is InChI=1S/C8H8N4O2/c9-6(8(13)14)5-2-1-3-12-4-10-11-7(5)12/h1-4,6H,9H2,(H,13,14). The Labute approximate surface area is 79.0 Å². The molecule has 0 fully saturated rings. The molecule has 0 aromatic carbocycles. The number of hydrogen-bond donors (Lipinski definition) is 2. The van der Waals surface area contributed by atoms with E-state index in [-0.39, 0.29) is 0 Å². The van der Waals surface area contributed by atoms with Crippen LogP contribution in [0.3, 0.4) is 0 Å². The van der Waals surface area contributed by atoms with Crippen molar-refractivity contribution in [2.75, 3.05) is 0 Å². The topological polar surface area (TPSA) is 93.5 Å². The highest BCUT2D eigenvalue weighted by Crippen LogP contribution is 2.14. The Bertz CT molecular complexity index is 479. The molecule has 2 aromatic heterocycles. The molecule has 14 heavy (non-hydrogen) atoms. The molecule has 72 valence electrons. The minimum absolute atomic E-state index is 0.456. The van der Waals surface area contributed by atoms with Crippen molar-refractivity contribution in [3.8, 4) is 0 Å². The lowest BCUT2D eigenvalue weighted by Gasteiger charge is -2.06. The molecule has 1 atom stereocenters. The molecule has 0 saturated heterocycles. The predicted molar refractivity (Wildman–Crippen MR) is 47.6 cm³/mol. The van der Waals surface area contributed by atoms with Crippen LogP contribution in [0.4, 0.5) is 0 Å². The van der Waals surface area contributed by atoms with E-state index in [4.69, 9.17) is 10.8 Å². The lowest BCUT2D eigenvalue weighted by molar-refractivity contribution is -0.138. The highest BCUT2D eigenvalue weighted by atomic mass is 16.4. The second-order valence-corrected chi connectivity index (χ2v) is 2.84. The normalized spacial score (nSPS) is 12.9. The fourth-order valence-electron chi connectivity index (χ4n) is 1.25. The fourth-order valence-corrected chi connectivity index (χ4v) is 1.25. The molecule has 0 bridgehead atoms. The second kappa shape index (κ2) is 3.08. The maximum absolute atomic E-state index is 10.7. The Kier molecular flexibility index (Phi) is 1.90. The summed E-state index contributed by atoms with van der Waals surface area (Å²) in [4.78, 5) is 10.7. The second-order valence-electron chi connectivity index (χ2n) is 2.84. The van der Waals surface area contributed by atoms with Crippen molar-refractivity contribution in [1.29, 1.82) is 0 Å². The van der Waals surface area contributed by atoms with E-state index in [1.807, 2.05) is 0 Å². The number of nitrogens with two attached hydrogens (primary N) is 1. The van der Waals surface area contributed by atoms with Crippen molar-refractivity contribution in [2.24, 2.45) is 5.73 Å². The molecule has 6 heteroatoms. The van der Waals surface area contributed by atoms with Crippen molar-refractivity contribution in [3.05, 3.63) is 30.2 Å². The molecule has 0 aliphatic rings. The van der Waals surface area contributed by atoms with E-state index in [1.165, 1.54) is 6.33 Å². The summed E-state index contributed by atoms with van der Waals surface area (Å²) in [6.45, 7) is 0. The Morgan fingerprint density at radius 3 is 3.14 bits per heavy atom. The number of pyridine rings is 1. The predicted octanol–water partition coefficient (Wildman–Crippen LogP) is -0.186. The zero-order valence-corrected chi connectivity index (χ0v) is 7.16. The smallest absolute Gasteiger partial charge is 0.325 e. The number of aliphatic carboxylic acids is 1. The van der Waals surface area contributed by atoms with E-state index < -0.39 is 12.0 Å². The van der Waals surface area contributed by atoms with Crippen molar-refractivity contribution < 1.29 is 9.90 Å². The maximum atomic E-state index is 10.7. The summed E-state index contributed by atoms with van der Waals surface area (Å²) in [6, 6.07) is 2.26. The molecule has 6 nitrogen and oxygen atoms in total. The number of carboxylic acid groups (broad SMARTS) is 1. The van der Waals surface area contributed by atoms with Gasteiger partial charge in [0.25, 0.3) is 0 Å². The summed E-state index contributed by atoms with van der Waals surface area (Å²) in [6.07, 6.45) is 3.22. The molecule has 0 amide bonds. The monoisotopic (exact) mass is 192 g/mol. The molecule has 1 unspecified atom stereocenters. The quantitative estimate of drug-likeness (QED) is 0.688. The van der Waals surface area contributed by atoms with E-state index in [2.05, 4.69) is 10.2 Å². The van der Waals surface area contributed by atoms with Gasteiger partial charge < -0.3 is 10.8 Å². The highest BCUT2D eigenvalue weighted by Gasteiger charge is 2.17. The van der Waals surface area contributed by atoms with Crippen LogP contribution in [0.5, 0.6) is 0 Å². The van der Waals surface area contributed by atoms with Gasteiger partial charge in [-0.05, 0) is 6.07 Å². The number of hydrogen-bond acceptors (Lipinski definition) is 4. The maximum Gasteiger partial charge on any atom is 0.325 e. The Morgan fingerprint density at radius 2 is 2.43 bits per heavy atom. The van der Waals surface area contributed by atoms with Gasteiger partial charge in [0.05, 0.1) is 0 Å². The first-order valence-electron chi connectivity index (χ1n) is 3.97. The van der Waals surface area contributed by atoms with E-state index in [1.54, 1.807) is 22.7 Å². The highest BCUT2D eigenvalue weighted by molar-refractivity contribution is 5.77. The fraction of sp³-hybridized carbons (Fsp3) is 0.125. The number of nitrogens with zero attached hydrogens (tertiary/aromatic N) is 3. The van der Waals surface area contributed by atoms with E-state index in [0.717, 1.165) is 0 Å². The third-order valence-electron chi connectivity index (χ3n) is 1.95. The molecule has 0 saturated carbocycles. The minimum Gasteiger partial charge on any atom is -0.480 e. The Morgan fingerprint density at radius 1 is 1.64 bits per heavy atom. The van der Waals surface area contributed by atoms with Gasteiger partial charge in [0.15, 0.2) is 5.65 Å². The molecule has 2 heterocycles. The molecule has 0 spiro atoms. The zero-order chi connectivity index (χ0) is 10.1. The first kappa shape index (κ1) is 8.64. The summed E-state index contributed by atoms with van der Waals surface area (Å²) in [5, 5.41) is 16.2. The number of fused-ring (bicyclic) bond motifs is 1. The van der Waals surface area contributed by atoms with Gasteiger partial charge in [0.1, 0.15) is 12.4 Å². The largest absolute Gasteiger partial charge is 0.480 e. The molecular weight excluding hydrogens is 184 g/mol. The van der Waals surface area contributed by atoms with Crippen LogP contribution < -0.4 is 5.73 Å². The lowest BCUT2D eigenvalue weighted by atomic mass is 10.1. The number of rotatable bonds is 2. The van der Waals surface area contributed by atoms with Crippen LogP contribution >= 0.6 is 0 Å². The molecule has 0 aliphatic carbocycles. The minimum atomic E-state index is -1.08. The van der Waals surface area contributed by atoms with Crippen LogP contribution in [0.25, 0.3) is 5.65 Å². The molecule has 3 N–H and O–H groups in total. The van der Waals surface area contributed by atoms with Crippen molar-refractivity contribution >= 4 is 11.6 Å². The summed E-state index contributed by atoms with van der Waals surface area (Å²) >= 11 is 0. The van der Waals surface area contributed by atoms with Gasteiger partial charge in [0.2, 0.25) is 0 Å². The van der Waals surface area contributed by atoms with Crippen LogP contribution in [-0.4, -0.2) is 25.7 Å². The summed E-state index contributed by atoms with van der Waals surface area (Å²) in [7, 11) is 0.